The predicted octanol–water partition coefficient (Wildman–Crippen LogP) is 28.5. The van der Waals surface area contributed by atoms with Crippen molar-refractivity contribution in [1.29, 1.82) is 0 Å². The van der Waals surface area contributed by atoms with Gasteiger partial charge in [-0.05, 0) is 482 Å². The molecule has 22 heteroatoms. The Kier molecular flexibility index (Phi) is 36.9. The summed E-state index contributed by atoms with van der Waals surface area (Å²) in [6, 6.07) is 0. The molecular formula is C127H210O22. The molecule has 16 bridgehead atoms. The first-order valence-corrected chi connectivity index (χ1v) is 61.1. The second-order valence-electron chi connectivity index (χ2n) is 58.4. The van der Waals surface area contributed by atoms with Crippen LogP contribution in [0, 0.1) is 144 Å². The topological polar surface area (TPSA) is 303 Å². The SMILES string of the molecule is CCC(C)(C)C(=O)OC1(C(C)(C)C)CCCC1.CCC(C)(C)C(=O)OC1(CC)CC2CC1C1C3CCC(C3)C21.CCC(C)(C)C(=O)OC1(CC)CC2CC1C1C3CCC(C3)C21.CCC(C)(C)C(=O)OC12CC3CC(CC(O)(C3)C1)C2.CCC(C)(C)C(=O)OC12CC3CC(CC(O)(C3)C1)C2.CCC(C)(C)C(=O)OC12CCCCC1OC(=O)C2.CCC(C)C(=O)OC12CCCCC1OC(=O)C2.CCC1(OC(=O)C(C)(C)CC)CCCC1. The van der Waals surface area contributed by atoms with Crippen LogP contribution in [-0.4, -0.2) is 138 Å². The minimum atomic E-state index is -0.682. The summed E-state index contributed by atoms with van der Waals surface area (Å²) < 4.78 is 58.3. The summed E-state index contributed by atoms with van der Waals surface area (Å²) in [6.45, 7) is 58.8. The van der Waals surface area contributed by atoms with E-state index < -0.39 is 38.6 Å². The molecule has 850 valence electrons. The third-order valence-corrected chi connectivity index (χ3v) is 44.6. The molecule has 0 aromatic carbocycles. The Labute approximate surface area is 900 Å². The largest absolute Gasteiger partial charge is 0.459 e. The summed E-state index contributed by atoms with van der Waals surface area (Å²) in [4.78, 5) is 122. The Morgan fingerprint density at radius 1 is 0.322 bits per heavy atom. The maximum absolute atomic E-state index is 12.7. The van der Waals surface area contributed by atoms with Gasteiger partial charge in [0.25, 0.3) is 0 Å². The molecule has 22 nitrogen and oxygen atoms in total. The first kappa shape index (κ1) is 121. The summed E-state index contributed by atoms with van der Waals surface area (Å²) in [7, 11) is 0. The van der Waals surface area contributed by atoms with Gasteiger partial charge in [-0.15, -0.1) is 0 Å². The van der Waals surface area contributed by atoms with Gasteiger partial charge in [0.2, 0.25) is 0 Å². The molecule has 0 spiro atoms. The van der Waals surface area contributed by atoms with Gasteiger partial charge in [0.05, 0.1) is 67.9 Å². The van der Waals surface area contributed by atoms with E-state index in [1.165, 1.54) is 89.9 Å². The fourth-order valence-electron chi connectivity index (χ4n) is 32.6. The molecule has 2 aliphatic heterocycles. The molecular weight excluding hydrogens is 1880 g/mol. The maximum atomic E-state index is 12.7. The maximum Gasteiger partial charge on any atom is 0.312 e. The molecule has 149 heavy (non-hydrogen) atoms. The van der Waals surface area contributed by atoms with Crippen LogP contribution in [0.25, 0.3) is 0 Å². The lowest BCUT2D eigenvalue weighted by atomic mass is 9.52. The number of aliphatic hydroxyl groups is 2. The Hall–Kier alpha value is -5.38. The van der Waals surface area contributed by atoms with Gasteiger partial charge in [-0.2, -0.15) is 0 Å². The van der Waals surface area contributed by atoms with Gasteiger partial charge in [-0.3, -0.25) is 47.9 Å². The normalized spacial score (nSPS) is 37.8. The molecule has 0 aromatic heterocycles. The zero-order chi connectivity index (χ0) is 110. The lowest BCUT2D eigenvalue weighted by Crippen LogP contribution is -2.61. The molecule has 22 rings (SSSR count). The third kappa shape index (κ3) is 25.3. The van der Waals surface area contributed by atoms with E-state index in [-0.39, 0.29) is 151 Å². The van der Waals surface area contributed by atoms with Crippen LogP contribution in [0.1, 0.15) is 528 Å². The number of hydrogen-bond donors (Lipinski definition) is 2. The van der Waals surface area contributed by atoms with Crippen LogP contribution in [0.5, 0.6) is 0 Å². The van der Waals surface area contributed by atoms with Crippen LogP contribution in [0.2, 0.25) is 0 Å². The van der Waals surface area contributed by atoms with Gasteiger partial charge in [0, 0.05) is 30.1 Å². The van der Waals surface area contributed by atoms with Crippen LogP contribution >= 0.6 is 0 Å². The van der Waals surface area contributed by atoms with Crippen molar-refractivity contribution >= 4 is 59.7 Å². The molecule has 23 unspecified atom stereocenters. The zero-order valence-corrected chi connectivity index (χ0v) is 99.1. The highest BCUT2D eigenvalue weighted by molar-refractivity contribution is 5.81. The number of hydrogen-bond acceptors (Lipinski definition) is 22. The van der Waals surface area contributed by atoms with E-state index in [0.29, 0.717) is 48.3 Å². The predicted molar refractivity (Wildman–Crippen MR) is 579 cm³/mol. The van der Waals surface area contributed by atoms with Crippen LogP contribution in [0.3, 0.4) is 0 Å². The van der Waals surface area contributed by atoms with Gasteiger partial charge in [0.1, 0.15) is 45.8 Å². The van der Waals surface area contributed by atoms with Gasteiger partial charge >= 0.3 is 59.7 Å². The highest BCUT2D eigenvalue weighted by Gasteiger charge is 2.71. The summed E-state index contributed by atoms with van der Waals surface area (Å²) in [5.74, 6) is 11.8. The van der Waals surface area contributed by atoms with Crippen LogP contribution in [-0.2, 0) is 95.3 Å². The summed E-state index contributed by atoms with van der Waals surface area (Å²) in [6.07, 6.45) is 50.7. The summed E-state index contributed by atoms with van der Waals surface area (Å²) >= 11 is 0. The molecule has 22 aliphatic rings. The molecule has 2 N–H and O–H groups in total. The zero-order valence-electron chi connectivity index (χ0n) is 99.1. The highest BCUT2D eigenvalue weighted by atomic mass is 16.6. The molecule has 2 saturated heterocycles. The Balaban J connectivity index is 0.000000142. The molecule has 0 radical (unpaired) electrons. The van der Waals surface area contributed by atoms with Crippen LogP contribution in [0.15, 0.2) is 0 Å². The number of ether oxygens (including phenoxy) is 10. The number of carbonyl (C=O) groups excluding carboxylic acids is 10. The fourth-order valence-corrected chi connectivity index (χ4v) is 32.6. The van der Waals surface area contributed by atoms with Gasteiger partial charge in [-0.25, -0.2) is 0 Å². The molecule has 0 amide bonds. The molecule has 23 atom stereocenters. The molecule has 2 heterocycles. The minimum Gasteiger partial charge on any atom is -0.459 e. The van der Waals surface area contributed by atoms with Crippen molar-refractivity contribution in [3.8, 4) is 0 Å². The molecule has 0 aromatic rings. The van der Waals surface area contributed by atoms with Gasteiger partial charge in [-0.1, -0.05) is 104 Å². The standard InChI is InChI=1S/2C20H32O2.2C16H26O3.C15H28O2.C14H22O4.C13H20O4.C13H24O2/c2*1-5-19(3,4)18(21)22-20(6-2)11-14-10-15(20)17-13-8-7-12(9-13)16(14)17;2*1-4-14(2,3)13(17)19-16-8-11-5-12(9-16)7-15(18,6-11)10-16;1-7-14(5,6)12(16)17-15(13(2,3)4)10-8-9-11-15;1-4-13(2,3)12(16)18-14-8-6-5-7-10(14)17-11(15)9-14;1-3-9(2)12(15)17-13-7-5-4-6-10(13)16-11(14)8-13;1-5-12(3,4)11(14)15-13(6-2)9-7-8-10-13/h2*12-17H,5-11H2,1-4H3;2*11-12,18H,4-10H2,1-3H3;7-11H2,1-6H3;10H,4-9H2,1-3H3;9-10H,3-8H2,1-2H3;5-10H2,1-4H3. The molecule has 20 aliphatic carbocycles. The monoisotopic (exact) mass is 2090 g/mol. The van der Waals surface area contributed by atoms with Crippen molar-refractivity contribution in [2.24, 2.45) is 144 Å². The van der Waals surface area contributed by atoms with Crippen molar-refractivity contribution in [1.82, 2.24) is 0 Å². The first-order valence-electron chi connectivity index (χ1n) is 61.1. The lowest BCUT2D eigenvalue weighted by Gasteiger charge is -2.59. The average molecular weight is 2090 g/mol. The van der Waals surface area contributed by atoms with Crippen molar-refractivity contribution in [3.05, 3.63) is 0 Å². The van der Waals surface area contributed by atoms with Crippen molar-refractivity contribution in [2.75, 3.05) is 0 Å². The van der Waals surface area contributed by atoms with Crippen LogP contribution in [0.4, 0.5) is 0 Å². The molecule has 20 saturated carbocycles. The van der Waals surface area contributed by atoms with Crippen molar-refractivity contribution in [3.63, 3.8) is 0 Å². The van der Waals surface area contributed by atoms with E-state index in [9.17, 15) is 58.2 Å². The highest BCUT2D eigenvalue weighted by Crippen LogP contribution is 2.74. The van der Waals surface area contributed by atoms with E-state index in [1.54, 1.807) is 0 Å². The number of fused-ring (bicyclic) bond motifs is 20. The van der Waals surface area contributed by atoms with Crippen molar-refractivity contribution in [2.45, 2.75) is 596 Å². The lowest BCUT2D eigenvalue weighted by molar-refractivity contribution is -0.226. The quantitative estimate of drug-likeness (QED) is 0.0438. The number of carbonyl (C=O) groups is 10. The first-order chi connectivity index (χ1) is 69.4. The Morgan fingerprint density at radius 3 is 0.940 bits per heavy atom. The Morgan fingerprint density at radius 2 is 0.624 bits per heavy atom. The van der Waals surface area contributed by atoms with Crippen molar-refractivity contribution < 1.29 is 106 Å². The third-order valence-electron chi connectivity index (χ3n) is 44.6. The van der Waals surface area contributed by atoms with Crippen LogP contribution < -0.4 is 0 Å². The minimum absolute atomic E-state index is 0.0197. The van der Waals surface area contributed by atoms with Gasteiger partial charge in [0.15, 0.2) is 11.2 Å². The van der Waals surface area contributed by atoms with Gasteiger partial charge < -0.3 is 57.6 Å². The molecule has 22 fully saturated rings. The summed E-state index contributed by atoms with van der Waals surface area (Å²) in [5.41, 5.74) is -6.44. The second-order valence-corrected chi connectivity index (χ2v) is 58.4. The Bertz CT molecular complexity index is 4460. The van der Waals surface area contributed by atoms with E-state index in [0.717, 1.165) is 271 Å². The smallest absolute Gasteiger partial charge is 0.312 e. The second kappa shape index (κ2) is 45.5. The van der Waals surface area contributed by atoms with E-state index in [2.05, 4.69) is 55.4 Å². The van der Waals surface area contributed by atoms with E-state index in [4.69, 9.17) is 47.4 Å². The number of rotatable bonds is 27. The van der Waals surface area contributed by atoms with E-state index >= 15 is 0 Å². The van der Waals surface area contributed by atoms with E-state index in [1.807, 2.05) is 145 Å². The summed E-state index contributed by atoms with van der Waals surface area (Å²) in [5, 5.41) is 21.3. The fraction of sp³-hybridized carbons (Fsp3) is 0.921. The average Bonchev–Trinajstić information content (AvgIpc) is 1.54. The number of esters is 10.